The van der Waals surface area contributed by atoms with Gasteiger partial charge in [-0.3, -0.25) is 10.1 Å². The van der Waals surface area contributed by atoms with Gasteiger partial charge in [0.1, 0.15) is 17.4 Å². The first-order valence-electron chi connectivity index (χ1n) is 8.69. The van der Waals surface area contributed by atoms with Gasteiger partial charge in [0.15, 0.2) is 0 Å². The van der Waals surface area contributed by atoms with Gasteiger partial charge in [-0.25, -0.2) is 13.2 Å². The third-order valence-electron chi connectivity index (χ3n) is 4.85. The van der Waals surface area contributed by atoms with Crippen molar-refractivity contribution in [2.45, 2.75) is 37.4 Å². The number of hydrogen-bond acceptors (Lipinski definition) is 4. The number of carbonyl (C=O) groups excluding carboxylic acids is 1. The largest absolute Gasteiger partial charge is 0.387 e. The Labute approximate surface area is 167 Å². The van der Waals surface area contributed by atoms with Gasteiger partial charge < -0.3 is 10.4 Å². The Morgan fingerprint density at radius 1 is 1.11 bits per heavy atom. The van der Waals surface area contributed by atoms with Crippen LogP contribution in [0.2, 0.25) is 0 Å². The van der Waals surface area contributed by atoms with Gasteiger partial charge in [0.2, 0.25) is 0 Å². The van der Waals surface area contributed by atoms with Crippen LogP contribution >= 0.6 is 12.6 Å². The fraction of sp³-hybridized carbons (Fsp3) is 0.350. The summed E-state index contributed by atoms with van der Waals surface area (Å²) in [6, 6.07) is 14.0. The molecule has 152 valence electrons. The summed E-state index contributed by atoms with van der Waals surface area (Å²) in [7, 11) is 0. The molecule has 0 aliphatic rings. The van der Waals surface area contributed by atoms with Crippen molar-refractivity contribution in [3.63, 3.8) is 0 Å². The highest BCUT2D eigenvalue weighted by atomic mass is 32.1. The van der Waals surface area contributed by atoms with Crippen molar-refractivity contribution in [2.75, 3.05) is 0 Å². The lowest BCUT2D eigenvalue weighted by molar-refractivity contribution is -0.0592. The first-order valence-corrected chi connectivity index (χ1v) is 9.21. The van der Waals surface area contributed by atoms with E-state index in [1.807, 2.05) is 0 Å². The molecule has 3 unspecified atom stereocenters. The molecule has 0 aliphatic carbocycles. The van der Waals surface area contributed by atoms with Crippen LogP contribution in [0.25, 0.3) is 0 Å². The quantitative estimate of drug-likeness (QED) is 0.396. The highest BCUT2D eigenvalue weighted by molar-refractivity contribution is 7.80. The van der Waals surface area contributed by atoms with E-state index in [4.69, 9.17) is 0 Å². The number of alkyl halides is 2. The molecule has 2 rings (SSSR count). The van der Waals surface area contributed by atoms with Crippen LogP contribution in [-0.4, -0.2) is 29.0 Å². The van der Waals surface area contributed by atoms with E-state index in [2.05, 4.69) is 23.3 Å². The summed E-state index contributed by atoms with van der Waals surface area (Å²) in [4.78, 5) is 12.3. The van der Waals surface area contributed by atoms with Crippen molar-refractivity contribution in [3.05, 3.63) is 71.5 Å². The van der Waals surface area contributed by atoms with Crippen molar-refractivity contribution in [3.8, 4) is 0 Å². The summed E-state index contributed by atoms with van der Waals surface area (Å²) in [6.07, 6.45) is -5.03. The lowest BCUT2D eigenvalue weighted by Crippen LogP contribution is -2.57. The molecule has 0 saturated carbocycles. The first-order chi connectivity index (χ1) is 13.2. The predicted octanol–water partition coefficient (Wildman–Crippen LogP) is 3.54. The number of aliphatic hydroxyl groups excluding tert-OH is 1. The molecular weight excluding hydrogens is 389 g/mol. The molecule has 4 atom stereocenters. The number of thiol groups is 1. The van der Waals surface area contributed by atoms with E-state index in [9.17, 15) is 23.1 Å². The van der Waals surface area contributed by atoms with Crippen LogP contribution in [-0.2, 0) is 5.54 Å². The zero-order chi connectivity index (χ0) is 20.9. The Morgan fingerprint density at radius 2 is 1.68 bits per heavy atom. The van der Waals surface area contributed by atoms with Crippen LogP contribution in [0.15, 0.2) is 54.6 Å². The summed E-state index contributed by atoms with van der Waals surface area (Å²) >= 11 is 4.28. The highest BCUT2D eigenvalue weighted by Crippen LogP contribution is 2.35. The second kappa shape index (κ2) is 9.45. The normalized spacial score (nSPS) is 16.9. The monoisotopic (exact) mass is 412 g/mol. The van der Waals surface area contributed by atoms with Gasteiger partial charge in [0.05, 0.1) is 5.54 Å². The summed E-state index contributed by atoms with van der Waals surface area (Å²) in [5.74, 6) is -2.17. The summed E-state index contributed by atoms with van der Waals surface area (Å²) in [6.45, 7) is 2.87. The number of carbonyl (C=O) groups is 1. The fourth-order valence-corrected chi connectivity index (χ4v) is 3.40. The molecular formula is C20H23F3N2O2S. The molecule has 2 aromatic rings. The van der Waals surface area contributed by atoms with Gasteiger partial charge in [-0.05, 0) is 25.1 Å². The first kappa shape index (κ1) is 22.3. The SMILES string of the molecule is CC(C(O)C(F)F)[C@](C)(NC(S)NC(=O)c1ccccc1)c1ccccc1F. The van der Waals surface area contributed by atoms with Gasteiger partial charge in [0, 0.05) is 17.0 Å². The molecule has 4 nitrogen and oxygen atoms in total. The topological polar surface area (TPSA) is 61.4 Å². The van der Waals surface area contributed by atoms with Crippen molar-refractivity contribution in [2.24, 2.45) is 5.92 Å². The second-order valence-corrected chi connectivity index (χ2v) is 7.20. The molecule has 0 saturated heterocycles. The van der Waals surface area contributed by atoms with E-state index in [0.29, 0.717) is 5.56 Å². The molecule has 2 aromatic carbocycles. The van der Waals surface area contributed by atoms with E-state index in [1.165, 1.54) is 32.0 Å². The minimum Gasteiger partial charge on any atom is -0.387 e. The van der Waals surface area contributed by atoms with E-state index >= 15 is 0 Å². The zero-order valence-corrected chi connectivity index (χ0v) is 16.3. The highest BCUT2D eigenvalue weighted by Gasteiger charge is 2.43. The van der Waals surface area contributed by atoms with Gasteiger partial charge in [-0.2, -0.15) is 0 Å². The zero-order valence-electron chi connectivity index (χ0n) is 15.4. The Hall–Kier alpha value is -2.03. The Balaban J connectivity index is 2.29. The lowest BCUT2D eigenvalue weighted by atomic mass is 9.77. The molecule has 0 heterocycles. The van der Waals surface area contributed by atoms with Crippen molar-refractivity contribution >= 4 is 18.5 Å². The standard InChI is InChI=1S/C20H23F3N2O2S/c1-12(16(26)17(22)23)20(2,14-10-6-7-11-15(14)21)25-19(28)24-18(27)13-8-4-3-5-9-13/h3-12,16-17,19,25-26,28H,1-2H3,(H,24,27)/t12?,16?,19?,20-/m0/s1. The van der Waals surface area contributed by atoms with Crippen LogP contribution in [0.3, 0.4) is 0 Å². The number of hydrogen-bond donors (Lipinski definition) is 4. The van der Waals surface area contributed by atoms with Gasteiger partial charge in [0.25, 0.3) is 12.3 Å². The van der Waals surface area contributed by atoms with Crippen LogP contribution in [0.1, 0.15) is 29.8 Å². The maximum absolute atomic E-state index is 14.5. The second-order valence-electron chi connectivity index (χ2n) is 6.68. The number of nitrogens with one attached hydrogen (secondary N) is 2. The van der Waals surface area contributed by atoms with Crippen LogP contribution < -0.4 is 10.6 Å². The average Bonchev–Trinajstić information content (AvgIpc) is 2.67. The minimum absolute atomic E-state index is 0.0789. The minimum atomic E-state index is -3.01. The van der Waals surface area contributed by atoms with Gasteiger partial charge >= 0.3 is 0 Å². The predicted molar refractivity (Wildman–Crippen MR) is 105 cm³/mol. The molecule has 3 N–H and O–H groups in total. The smallest absolute Gasteiger partial charge is 0.264 e. The Bertz CT molecular complexity index is 794. The van der Waals surface area contributed by atoms with Crippen LogP contribution in [0.5, 0.6) is 0 Å². The van der Waals surface area contributed by atoms with Crippen molar-refractivity contribution < 1.29 is 23.1 Å². The molecule has 0 aromatic heterocycles. The lowest BCUT2D eigenvalue weighted by Gasteiger charge is -2.41. The van der Waals surface area contributed by atoms with Crippen molar-refractivity contribution in [1.82, 2.24) is 10.6 Å². The fourth-order valence-electron chi connectivity index (χ4n) is 3.01. The molecule has 0 bridgehead atoms. The van der Waals surface area contributed by atoms with Gasteiger partial charge in [-0.1, -0.05) is 43.3 Å². The molecule has 1 amide bonds. The van der Waals surface area contributed by atoms with E-state index in [1.54, 1.807) is 36.4 Å². The van der Waals surface area contributed by atoms with Crippen LogP contribution in [0.4, 0.5) is 13.2 Å². The van der Waals surface area contributed by atoms with E-state index in [-0.39, 0.29) is 5.56 Å². The molecule has 0 radical (unpaired) electrons. The number of benzene rings is 2. The molecule has 28 heavy (non-hydrogen) atoms. The number of halogens is 3. The summed E-state index contributed by atoms with van der Waals surface area (Å²) in [5, 5.41) is 15.4. The third kappa shape index (κ3) is 5.06. The average molecular weight is 412 g/mol. The van der Waals surface area contributed by atoms with E-state index < -0.39 is 41.2 Å². The third-order valence-corrected chi connectivity index (χ3v) is 5.11. The van der Waals surface area contributed by atoms with Gasteiger partial charge in [-0.15, -0.1) is 12.6 Å². The summed E-state index contributed by atoms with van der Waals surface area (Å²) < 4.78 is 40.7. The molecule has 8 heteroatoms. The van der Waals surface area contributed by atoms with Crippen molar-refractivity contribution in [1.29, 1.82) is 0 Å². The summed E-state index contributed by atoms with van der Waals surface area (Å²) in [5.41, 5.74) is -1.98. The molecule has 0 spiro atoms. The molecule has 0 fully saturated rings. The maximum Gasteiger partial charge on any atom is 0.264 e. The molecule has 0 aliphatic heterocycles. The maximum atomic E-state index is 14.5. The van der Waals surface area contributed by atoms with E-state index in [0.717, 1.165) is 0 Å². The number of amides is 1. The number of rotatable bonds is 8. The Morgan fingerprint density at radius 3 is 2.25 bits per heavy atom. The Kier molecular flexibility index (Phi) is 7.51. The van der Waals surface area contributed by atoms with Crippen LogP contribution in [0, 0.1) is 11.7 Å². The number of aliphatic hydroxyl groups is 1.